The number of hydrogen-bond acceptors (Lipinski definition) is 2. The summed E-state index contributed by atoms with van der Waals surface area (Å²) in [5.74, 6) is 0.249. The number of carbonyl (C=O) groups is 1. The predicted octanol–water partition coefficient (Wildman–Crippen LogP) is 6.78. The third kappa shape index (κ3) is 3.86. The van der Waals surface area contributed by atoms with E-state index < -0.39 is 0 Å². The van der Waals surface area contributed by atoms with E-state index in [0.717, 1.165) is 22.5 Å². The van der Waals surface area contributed by atoms with Crippen molar-refractivity contribution in [3.8, 4) is 33.9 Å². The van der Waals surface area contributed by atoms with Crippen molar-refractivity contribution in [1.82, 2.24) is 9.97 Å². The van der Waals surface area contributed by atoms with Crippen LogP contribution in [0.1, 0.15) is 15.9 Å². The molecule has 0 aliphatic rings. The van der Waals surface area contributed by atoms with Crippen LogP contribution in [-0.4, -0.2) is 15.8 Å². The molecule has 4 heteroatoms. The lowest BCUT2D eigenvalue weighted by Gasteiger charge is -2.05. The SMILES string of the molecule is O=C(c1ccccc1)c1ccc(-c2[nH]c(-c3cccc(F)c3)nc2-c2ccccc2)cc1. The highest BCUT2D eigenvalue weighted by molar-refractivity contribution is 6.09. The topological polar surface area (TPSA) is 45.8 Å². The van der Waals surface area contributed by atoms with Crippen molar-refractivity contribution in [3.63, 3.8) is 0 Å². The highest BCUT2D eigenvalue weighted by atomic mass is 19.1. The largest absolute Gasteiger partial charge is 0.337 e. The van der Waals surface area contributed by atoms with Crippen LogP contribution in [-0.2, 0) is 0 Å². The van der Waals surface area contributed by atoms with E-state index in [0.29, 0.717) is 22.5 Å². The molecule has 0 fully saturated rings. The van der Waals surface area contributed by atoms with Gasteiger partial charge in [0.2, 0.25) is 0 Å². The second-order valence-corrected chi connectivity index (χ2v) is 7.46. The molecule has 0 bridgehead atoms. The molecule has 3 nitrogen and oxygen atoms in total. The number of benzene rings is 4. The molecular formula is C28H19FN2O. The van der Waals surface area contributed by atoms with Crippen molar-refractivity contribution < 1.29 is 9.18 Å². The molecule has 0 saturated carbocycles. The van der Waals surface area contributed by atoms with Gasteiger partial charge in [-0.25, -0.2) is 9.37 Å². The Balaban J connectivity index is 1.57. The van der Waals surface area contributed by atoms with Crippen molar-refractivity contribution in [2.75, 3.05) is 0 Å². The number of hydrogen-bond donors (Lipinski definition) is 1. The van der Waals surface area contributed by atoms with Crippen LogP contribution in [0.4, 0.5) is 4.39 Å². The summed E-state index contributed by atoms with van der Waals surface area (Å²) in [6.07, 6.45) is 0. The van der Waals surface area contributed by atoms with Crippen LogP contribution in [0.15, 0.2) is 109 Å². The molecule has 154 valence electrons. The Hall–Kier alpha value is -4.31. The smallest absolute Gasteiger partial charge is 0.193 e. The summed E-state index contributed by atoms with van der Waals surface area (Å²) in [4.78, 5) is 20.9. The molecule has 5 aromatic rings. The fraction of sp³-hybridized carbons (Fsp3) is 0. The lowest BCUT2D eigenvalue weighted by molar-refractivity contribution is 0.103. The van der Waals surface area contributed by atoms with Crippen LogP contribution in [0, 0.1) is 5.82 Å². The molecule has 0 amide bonds. The summed E-state index contributed by atoms with van der Waals surface area (Å²) in [7, 11) is 0. The van der Waals surface area contributed by atoms with Crippen LogP contribution in [0.2, 0.25) is 0 Å². The van der Waals surface area contributed by atoms with Gasteiger partial charge in [-0.05, 0) is 12.1 Å². The second kappa shape index (κ2) is 8.44. The highest BCUT2D eigenvalue weighted by Crippen LogP contribution is 2.33. The Morgan fingerprint density at radius 1 is 0.656 bits per heavy atom. The van der Waals surface area contributed by atoms with Gasteiger partial charge in [0, 0.05) is 27.8 Å². The number of rotatable bonds is 5. The zero-order valence-corrected chi connectivity index (χ0v) is 17.1. The van der Waals surface area contributed by atoms with Crippen molar-refractivity contribution in [2.24, 2.45) is 0 Å². The Morgan fingerprint density at radius 2 is 1.28 bits per heavy atom. The lowest BCUT2D eigenvalue weighted by Crippen LogP contribution is -2.00. The highest BCUT2D eigenvalue weighted by Gasteiger charge is 2.16. The molecule has 4 aromatic carbocycles. The molecule has 0 aliphatic carbocycles. The summed E-state index contributed by atoms with van der Waals surface area (Å²) in [6, 6.07) is 32.9. The van der Waals surface area contributed by atoms with Gasteiger partial charge in [-0.15, -0.1) is 0 Å². The van der Waals surface area contributed by atoms with E-state index in [1.807, 2.05) is 91.0 Å². The third-order valence-electron chi connectivity index (χ3n) is 5.32. The molecule has 0 atom stereocenters. The van der Waals surface area contributed by atoms with E-state index in [1.165, 1.54) is 12.1 Å². The standard InChI is InChI=1S/C28H19FN2O/c29-24-13-7-12-23(18-24)28-30-25(19-8-3-1-4-9-19)26(31-28)20-14-16-22(17-15-20)27(32)21-10-5-2-6-11-21/h1-18H,(H,30,31). The van der Waals surface area contributed by atoms with Crippen LogP contribution in [0.3, 0.4) is 0 Å². The number of aromatic nitrogens is 2. The molecule has 0 unspecified atom stereocenters. The molecule has 1 aromatic heterocycles. The minimum absolute atomic E-state index is 0.0227. The van der Waals surface area contributed by atoms with Gasteiger partial charge in [-0.2, -0.15) is 0 Å². The van der Waals surface area contributed by atoms with Crippen LogP contribution in [0.25, 0.3) is 33.9 Å². The van der Waals surface area contributed by atoms with Crippen LogP contribution < -0.4 is 0 Å². The van der Waals surface area contributed by atoms with Crippen molar-refractivity contribution >= 4 is 5.78 Å². The van der Waals surface area contributed by atoms with Gasteiger partial charge in [0.15, 0.2) is 5.78 Å². The molecule has 0 aliphatic heterocycles. The number of imidazole rings is 1. The van der Waals surface area contributed by atoms with Crippen molar-refractivity contribution in [1.29, 1.82) is 0 Å². The van der Waals surface area contributed by atoms with E-state index in [4.69, 9.17) is 4.98 Å². The number of nitrogens with one attached hydrogen (secondary N) is 1. The van der Waals surface area contributed by atoms with E-state index in [2.05, 4.69) is 4.98 Å². The Labute approximate surface area is 185 Å². The number of H-pyrrole nitrogens is 1. The average molecular weight is 418 g/mol. The summed E-state index contributed by atoms with van der Waals surface area (Å²) < 4.78 is 13.8. The Kier molecular flexibility index (Phi) is 5.18. The average Bonchev–Trinajstić information content (AvgIpc) is 3.30. The first-order valence-electron chi connectivity index (χ1n) is 10.3. The third-order valence-corrected chi connectivity index (χ3v) is 5.32. The maximum absolute atomic E-state index is 13.8. The first-order chi connectivity index (χ1) is 15.7. The van der Waals surface area contributed by atoms with E-state index in [9.17, 15) is 9.18 Å². The van der Waals surface area contributed by atoms with E-state index >= 15 is 0 Å². The first kappa shape index (κ1) is 19.6. The summed E-state index contributed by atoms with van der Waals surface area (Å²) >= 11 is 0. The Morgan fingerprint density at radius 3 is 1.97 bits per heavy atom. The fourth-order valence-corrected chi connectivity index (χ4v) is 3.70. The molecule has 0 saturated heterocycles. The zero-order valence-electron chi connectivity index (χ0n) is 17.1. The molecule has 0 radical (unpaired) electrons. The molecule has 0 spiro atoms. The molecule has 5 rings (SSSR count). The lowest BCUT2D eigenvalue weighted by atomic mass is 10.00. The number of carbonyl (C=O) groups excluding carboxylic acids is 1. The number of aromatic amines is 1. The predicted molar refractivity (Wildman–Crippen MR) is 125 cm³/mol. The maximum atomic E-state index is 13.8. The molecule has 1 heterocycles. The molecular weight excluding hydrogens is 399 g/mol. The fourth-order valence-electron chi connectivity index (χ4n) is 3.70. The van der Waals surface area contributed by atoms with Crippen LogP contribution >= 0.6 is 0 Å². The van der Waals surface area contributed by atoms with Gasteiger partial charge in [0.1, 0.15) is 11.6 Å². The summed E-state index contributed by atoms with van der Waals surface area (Å²) in [5, 5.41) is 0. The number of nitrogens with zero attached hydrogens (tertiary/aromatic N) is 1. The summed E-state index contributed by atoms with van der Waals surface area (Å²) in [6.45, 7) is 0. The van der Waals surface area contributed by atoms with E-state index in [1.54, 1.807) is 6.07 Å². The quantitative estimate of drug-likeness (QED) is 0.320. The maximum Gasteiger partial charge on any atom is 0.193 e. The minimum atomic E-state index is -0.314. The molecule has 1 N–H and O–H groups in total. The molecule has 32 heavy (non-hydrogen) atoms. The number of halogens is 1. The van der Waals surface area contributed by atoms with Crippen LogP contribution in [0.5, 0.6) is 0 Å². The Bertz CT molecular complexity index is 1370. The normalized spacial score (nSPS) is 10.8. The van der Waals surface area contributed by atoms with E-state index in [-0.39, 0.29) is 11.6 Å². The second-order valence-electron chi connectivity index (χ2n) is 7.46. The van der Waals surface area contributed by atoms with Gasteiger partial charge in [0.05, 0.1) is 11.4 Å². The van der Waals surface area contributed by atoms with Gasteiger partial charge in [-0.3, -0.25) is 4.79 Å². The van der Waals surface area contributed by atoms with Gasteiger partial charge >= 0.3 is 0 Å². The minimum Gasteiger partial charge on any atom is -0.337 e. The van der Waals surface area contributed by atoms with Gasteiger partial charge in [-0.1, -0.05) is 97.1 Å². The first-order valence-corrected chi connectivity index (χ1v) is 10.3. The number of ketones is 1. The van der Waals surface area contributed by atoms with Gasteiger partial charge in [0.25, 0.3) is 0 Å². The van der Waals surface area contributed by atoms with Crippen molar-refractivity contribution in [2.45, 2.75) is 0 Å². The van der Waals surface area contributed by atoms with Gasteiger partial charge < -0.3 is 4.98 Å². The zero-order chi connectivity index (χ0) is 21.9. The van der Waals surface area contributed by atoms with Crippen molar-refractivity contribution in [3.05, 3.63) is 126 Å². The summed E-state index contributed by atoms with van der Waals surface area (Å²) in [5.41, 5.74) is 5.37. The monoisotopic (exact) mass is 418 g/mol.